The smallest absolute Gasteiger partial charge is 0.162 e. The van der Waals surface area contributed by atoms with Gasteiger partial charge < -0.3 is 9.47 Å². The zero-order chi connectivity index (χ0) is 17.7. The van der Waals surface area contributed by atoms with E-state index in [-0.39, 0.29) is 11.5 Å². The van der Waals surface area contributed by atoms with Crippen LogP contribution in [-0.2, 0) is 12.8 Å². The van der Waals surface area contributed by atoms with Gasteiger partial charge in [-0.25, -0.2) is 0 Å². The van der Waals surface area contributed by atoms with Gasteiger partial charge in [0.05, 0.1) is 32.8 Å². The number of aromatic nitrogens is 1. The molecule has 1 aromatic heterocycles. The molecule has 1 aromatic carbocycles. The molecule has 0 unspecified atom stereocenters. The van der Waals surface area contributed by atoms with Crippen LogP contribution < -0.4 is 9.47 Å². The molecule has 3 rings (SSSR count). The third-order valence-electron chi connectivity index (χ3n) is 3.23. The summed E-state index contributed by atoms with van der Waals surface area (Å²) in [4.78, 5) is 4.50. The molecule has 0 spiro atoms. The first-order chi connectivity index (χ1) is 11.0. The largest absolute Gasteiger partial charge is 0.493 e. The molecule has 0 aliphatic heterocycles. The van der Waals surface area contributed by atoms with Crippen LogP contribution in [0.3, 0.4) is 0 Å². The first-order valence-electron chi connectivity index (χ1n) is 8.56. The molecule has 2 aromatic rings. The van der Waals surface area contributed by atoms with E-state index in [1.807, 2.05) is 0 Å². The van der Waals surface area contributed by atoms with Crippen LogP contribution in [-0.4, -0.2) is 19.1 Å². The minimum Gasteiger partial charge on any atom is -0.493 e. The minimum absolute atomic E-state index is 0.208. The number of halogens is 1. The molecule has 0 fully saturated rings. The maximum Gasteiger partial charge on any atom is 0.162 e. The summed E-state index contributed by atoms with van der Waals surface area (Å²) in [5.74, 6) is -0.416. The van der Waals surface area contributed by atoms with Gasteiger partial charge in [0, 0.05) is 17.1 Å². The second kappa shape index (κ2) is 4.32. The summed E-state index contributed by atoms with van der Waals surface area (Å²) in [7, 11) is -5.50. The standard InChI is InChI=1S/C14H14ClNO2/c1-17-12-6-9-11(7-13(12)18-2)16-10-5-3-4-8(10)14(9)15/h6-7H,3-5H2,1-2H3/i1D3,2D3. The summed E-state index contributed by atoms with van der Waals surface area (Å²) in [6, 6.07) is 2.73. The molecule has 18 heavy (non-hydrogen) atoms. The van der Waals surface area contributed by atoms with Gasteiger partial charge in [-0.15, -0.1) is 0 Å². The zero-order valence-corrected chi connectivity index (χ0v) is 10.2. The minimum atomic E-state index is -2.75. The van der Waals surface area contributed by atoms with E-state index in [0.717, 1.165) is 30.5 Å². The van der Waals surface area contributed by atoms with Crippen molar-refractivity contribution in [1.82, 2.24) is 4.98 Å². The molecule has 1 aliphatic carbocycles. The molecule has 0 saturated heterocycles. The predicted molar refractivity (Wildman–Crippen MR) is 71.9 cm³/mol. The highest BCUT2D eigenvalue weighted by Gasteiger charge is 2.19. The Balaban J connectivity index is 2.19. The Kier molecular flexibility index (Phi) is 1.59. The third-order valence-corrected chi connectivity index (χ3v) is 3.66. The molecule has 0 atom stereocenters. The summed E-state index contributed by atoms with van der Waals surface area (Å²) >= 11 is 6.43. The average Bonchev–Trinajstić information content (AvgIpc) is 2.85. The topological polar surface area (TPSA) is 31.4 Å². The number of aryl methyl sites for hydroxylation is 1. The summed E-state index contributed by atoms with van der Waals surface area (Å²) in [6.45, 7) is 0. The van der Waals surface area contributed by atoms with Crippen molar-refractivity contribution < 1.29 is 17.7 Å². The second-order valence-corrected chi connectivity index (χ2v) is 4.60. The number of benzene rings is 1. The number of nitrogens with zero attached hydrogens (tertiary/aromatic N) is 1. The summed E-state index contributed by atoms with van der Waals surface area (Å²) in [5, 5.41) is 0.998. The van der Waals surface area contributed by atoms with Crippen LogP contribution >= 0.6 is 11.6 Å². The van der Waals surface area contributed by atoms with Gasteiger partial charge in [0.2, 0.25) is 0 Å². The fourth-order valence-electron chi connectivity index (χ4n) is 2.37. The molecular weight excluding hydrogens is 250 g/mol. The van der Waals surface area contributed by atoms with Crippen molar-refractivity contribution in [3.05, 3.63) is 28.4 Å². The maximum absolute atomic E-state index is 7.25. The first kappa shape index (κ1) is 6.62. The van der Waals surface area contributed by atoms with E-state index in [1.165, 1.54) is 12.1 Å². The van der Waals surface area contributed by atoms with E-state index >= 15 is 0 Å². The van der Waals surface area contributed by atoms with Gasteiger partial charge in [0.25, 0.3) is 0 Å². The molecule has 0 bridgehead atoms. The summed E-state index contributed by atoms with van der Waals surface area (Å²) in [6.07, 6.45) is 2.55. The molecule has 1 aliphatic rings. The fourth-order valence-corrected chi connectivity index (χ4v) is 2.73. The molecule has 0 saturated carbocycles. The van der Waals surface area contributed by atoms with E-state index in [4.69, 9.17) is 29.3 Å². The molecular formula is C14H14ClNO2. The normalized spacial score (nSPS) is 20.1. The zero-order valence-electron chi connectivity index (χ0n) is 15.4. The Morgan fingerprint density at radius 2 is 2.00 bits per heavy atom. The Morgan fingerprint density at radius 3 is 2.78 bits per heavy atom. The quantitative estimate of drug-likeness (QED) is 0.837. The van der Waals surface area contributed by atoms with Crippen molar-refractivity contribution in [1.29, 1.82) is 0 Å². The van der Waals surface area contributed by atoms with Crippen LogP contribution in [0.2, 0.25) is 5.02 Å². The van der Waals surface area contributed by atoms with E-state index < -0.39 is 14.1 Å². The summed E-state index contributed by atoms with van der Waals surface area (Å²) in [5.41, 5.74) is 2.25. The van der Waals surface area contributed by atoms with Gasteiger partial charge >= 0.3 is 0 Å². The number of rotatable bonds is 2. The lowest BCUT2D eigenvalue weighted by molar-refractivity contribution is 0.356. The van der Waals surface area contributed by atoms with Crippen molar-refractivity contribution in [3.8, 4) is 11.5 Å². The predicted octanol–water partition coefficient (Wildman–Crippen LogP) is 3.39. The molecule has 0 N–H and O–H groups in total. The highest BCUT2D eigenvalue weighted by atomic mass is 35.5. The van der Waals surface area contributed by atoms with E-state index in [2.05, 4.69) is 4.98 Å². The second-order valence-electron chi connectivity index (χ2n) is 4.22. The van der Waals surface area contributed by atoms with Crippen molar-refractivity contribution in [2.75, 3.05) is 14.1 Å². The van der Waals surface area contributed by atoms with E-state index in [1.54, 1.807) is 0 Å². The monoisotopic (exact) mass is 269 g/mol. The lowest BCUT2D eigenvalue weighted by Gasteiger charge is -2.11. The van der Waals surface area contributed by atoms with Gasteiger partial charge in [-0.05, 0) is 30.9 Å². The maximum atomic E-state index is 7.25. The number of hydrogen-bond acceptors (Lipinski definition) is 3. The van der Waals surface area contributed by atoms with Crippen LogP contribution in [0, 0.1) is 0 Å². The molecule has 1 heterocycles. The first-order valence-corrected chi connectivity index (χ1v) is 5.94. The van der Waals surface area contributed by atoms with Gasteiger partial charge in [-0.3, -0.25) is 4.98 Å². The number of fused-ring (bicyclic) bond motifs is 2. The van der Waals surface area contributed by atoms with Crippen molar-refractivity contribution in [3.63, 3.8) is 0 Å². The van der Waals surface area contributed by atoms with Crippen LogP contribution in [0.25, 0.3) is 10.9 Å². The third kappa shape index (κ3) is 1.62. The van der Waals surface area contributed by atoms with E-state index in [9.17, 15) is 0 Å². The Bertz CT molecular complexity index is 803. The van der Waals surface area contributed by atoms with Crippen LogP contribution in [0.1, 0.15) is 25.9 Å². The van der Waals surface area contributed by atoms with Gasteiger partial charge in [0.1, 0.15) is 0 Å². The molecule has 0 amide bonds. The Morgan fingerprint density at radius 1 is 1.22 bits per heavy atom. The highest BCUT2D eigenvalue weighted by Crippen LogP contribution is 2.38. The Hall–Kier alpha value is -1.48. The van der Waals surface area contributed by atoms with Crippen LogP contribution in [0.5, 0.6) is 11.5 Å². The molecule has 0 radical (unpaired) electrons. The average molecular weight is 270 g/mol. The number of ether oxygens (including phenoxy) is 2. The number of methoxy groups -OCH3 is 2. The van der Waals surface area contributed by atoms with Crippen molar-refractivity contribution >= 4 is 22.5 Å². The van der Waals surface area contributed by atoms with Crippen molar-refractivity contribution in [2.24, 2.45) is 0 Å². The van der Waals surface area contributed by atoms with Gasteiger partial charge in [-0.2, -0.15) is 0 Å². The summed E-state index contributed by atoms with van der Waals surface area (Å²) < 4.78 is 53.2. The molecule has 94 valence electrons. The molecule has 3 nitrogen and oxygen atoms in total. The lowest BCUT2D eigenvalue weighted by Crippen LogP contribution is -1.95. The van der Waals surface area contributed by atoms with Gasteiger partial charge in [0.15, 0.2) is 11.5 Å². The van der Waals surface area contributed by atoms with Gasteiger partial charge in [-0.1, -0.05) is 11.6 Å². The van der Waals surface area contributed by atoms with Crippen LogP contribution in [0.4, 0.5) is 0 Å². The lowest BCUT2D eigenvalue weighted by atomic mass is 10.1. The van der Waals surface area contributed by atoms with E-state index in [0.29, 0.717) is 15.9 Å². The SMILES string of the molecule is [2H]C([2H])([2H])Oc1cc2nc3c(c(Cl)c2cc1OC([2H])([2H])[2H])CCC3. The van der Waals surface area contributed by atoms with Crippen LogP contribution in [0.15, 0.2) is 12.1 Å². The molecule has 4 heteroatoms. The fraction of sp³-hybridized carbons (Fsp3) is 0.357. The number of hydrogen-bond donors (Lipinski definition) is 0. The Labute approximate surface area is 119 Å². The number of pyridine rings is 1. The van der Waals surface area contributed by atoms with Crippen molar-refractivity contribution in [2.45, 2.75) is 19.3 Å². The highest BCUT2D eigenvalue weighted by molar-refractivity contribution is 6.36.